The molecule has 3 heterocycles. The summed E-state index contributed by atoms with van der Waals surface area (Å²) in [5.74, 6) is 0.218. The third-order valence-corrected chi connectivity index (χ3v) is 5.63. The van der Waals surface area contributed by atoms with Crippen LogP contribution in [0.4, 0.5) is 10.1 Å². The van der Waals surface area contributed by atoms with E-state index in [1.807, 2.05) is 6.92 Å². The summed E-state index contributed by atoms with van der Waals surface area (Å²) in [5, 5.41) is 0. The number of hydrogen-bond donors (Lipinski definition) is 0. The Kier molecular flexibility index (Phi) is 5.22. The van der Waals surface area contributed by atoms with Crippen molar-refractivity contribution in [3.8, 4) is 16.9 Å². The Labute approximate surface area is 169 Å². The van der Waals surface area contributed by atoms with E-state index in [0.29, 0.717) is 54.9 Å². The van der Waals surface area contributed by atoms with Gasteiger partial charge in [0.25, 0.3) is 0 Å². The van der Waals surface area contributed by atoms with Gasteiger partial charge in [0.15, 0.2) is 0 Å². The van der Waals surface area contributed by atoms with Crippen molar-refractivity contribution >= 4 is 17.5 Å². The molecule has 7 heteroatoms. The van der Waals surface area contributed by atoms with Gasteiger partial charge < -0.3 is 14.5 Å². The fourth-order valence-electron chi connectivity index (χ4n) is 4.09. The van der Waals surface area contributed by atoms with Crippen molar-refractivity contribution in [2.75, 3.05) is 25.0 Å². The number of amides is 2. The van der Waals surface area contributed by atoms with Gasteiger partial charge in [-0.1, -0.05) is 13.0 Å². The molecule has 4 rings (SSSR count). The number of nitrogens with zero attached hydrogens (tertiary/aromatic N) is 3. The molecule has 1 aromatic carbocycles. The fraction of sp³-hybridized carbons (Fsp3) is 0.409. The summed E-state index contributed by atoms with van der Waals surface area (Å²) in [7, 11) is 1.68. The number of ether oxygens (including phenoxy) is 1. The zero-order valence-corrected chi connectivity index (χ0v) is 16.7. The van der Waals surface area contributed by atoms with Crippen LogP contribution in [-0.4, -0.2) is 47.9 Å². The van der Waals surface area contributed by atoms with Crippen LogP contribution in [-0.2, 0) is 16.0 Å². The molecule has 1 saturated heterocycles. The molecule has 29 heavy (non-hydrogen) atoms. The number of fused-ring (bicyclic) bond motifs is 1. The van der Waals surface area contributed by atoms with Crippen LogP contribution in [0.15, 0.2) is 30.6 Å². The van der Waals surface area contributed by atoms with Crippen LogP contribution in [0.25, 0.3) is 11.1 Å². The maximum Gasteiger partial charge on any atom is 0.227 e. The van der Waals surface area contributed by atoms with E-state index in [1.54, 1.807) is 36.5 Å². The molecule has 1 fully saturated rings. The van der Waals surface area contributed by atoms with Gasteiger partial charge in [0.2, 0.25) is 11.8 Å². The van der Waals surface area contributed by atoms with Crippen molar-refractivity contribution in [3.05, 3.63) is 42.0 Å². The van der Waals surface area contributed by atoms with E-state index in [4.69, 9.17) is 4.74 Å². The van der Waals surface area contributed by atoms with Crippen LogP contribution in [0.2, 0.25) is 0 Å². The van der Waals surface area contributed by atoms with Crippen LogP contribution >= 0.6 is 0 Å². The third kappa shape index (κ3) is 3.69. The van der Waals surface area contributed by atoms with Gasteiger partial charge in [-0.25, -0.2) is 4.39 Å². The van der Waals surface area contributed by atoms with Gasteiger partial charge in [0.05, 0.1) is 18.4 Å². The molecule has 152 valence electrons. The number of anilines is 1. The van der Waals surface area contributed by atoms with E-state index in [-0.39, 0.29) is 17.9 Å². The average molecular weight is 397 g/mol. The second-order valence-electron chi connectivity index (χ2n) is 7.51. The average Bonchev–Trinajstić information content (AvgIpc) is 3.19. The van der Waals surface area contributed by atoms with Crippen LogP contribution in [0, 0.1) is 5.82 Å². The lowest BCUT2D eigenvalue weighted by molar-refractivity contribution is -0.130. The summed E-state index contributed by atoms with van der Waals surface area (Å²) in [6.45, 7) is 3.07. The summed E-state index contributed by atoms with van der Waals surface area (Å²) < 4.78 is 20.9. The first-order valence-electron chi connectivity index (χ1n) is 9.95. The van der Waals surface area contributed by atoms with Crippen molar-refractivity contribution in [1.82, 2.24) is 9.88 Å². The first-order chi connectivity index (χ1) is 14.0. The maximum absolute atomic E-state index is 14.8. The van der Waals surface area contributed by atoms with E-state index in [0.717, 1.165) is 12.0 Å². The summed E-state index contributed by atoms with van der Waals surface area (Å²) >= 11 is 0. The van der Waals surface area contributed by atoms with Gasteiger partial charge in [-0.2, -0.15) is 0 Å². The summed E-state index contributed by atoms with van der Waals surface area (Å²) in [4.78, 5) is 31.6. The lowest BCUT2D eigenvalue weighted by atomic mass is 9.94. The quantitative estimate of drug-likeness (QED) is 0.795. The molecule has 0 N–H and O–H groups in total. The van der Waals surface area contributed by atoms with Crippen LogP contribution in [0.1, 0.15) is 31.7 Å². The standard InChI is InChI=1S/C22H24FN3O3/c1-3-19(27)26-9-8-16(13-26)29-17-10-15(11-24-12-17)21-18(23)6-4-14-5-7-20(28)25(2)22(14)21/h4,6,10-12,16H,3,5,7-9,13H2,1-2H3/t16-/m1/s1. The Balaban J connectivity index is 1.62. The Morgan fingerprint density at radius 2 is 2.14 bits per heavy atom. The van der Waals surface area contributed by atoms with E-state index < -0.39 is 5.82 Å². The topological polar surface area (TPSA) is 62.7 Å². The molecule has 2 amide bonds. The Hall–Kier alpha value is -2.96. The van der Waals surface area contributed by atoms with Crippen molar-refractivity contribution < 1.29 is 18.7 Å². The van der Waals surface area contributed by atoms with Gasteiger partial charge in [-0.05, 0) is 24.1 Å². The van der Waals surface area contributed by atoms with Crippen molar-refractivity contribution in [3.63, 3.8) is 0 Å². The van der Waals surface area contributed by atoms with Crippen LogP contribution in [0.3, 0.4) is 0 Å². The van der Waals surface area contributed by atoms with Crippen molar-refractivity contribution in [2.24, 2.45) is 0 Å². The molecule has 1 atom stereocenters. The first kappa shape index (κ1) is 19.4. The predicted octanol–water partition coefficient (Wildman–Crippen LogP) is 3.19. The van der Waals surface area contributed by atoms with Gasteiger partial charge in [0, 0.05) is 50.2 Å². The first-order valence-corrected chi connectivity index (χ1v) is 9.95. The number of benzene rings is 1. The highest BCUT2D eigenvalue weighted by molar-refractivity contribution is 6.00. The summed E-state index contributed by atoms with van der Waals surface area (Å²) in [5.41, 5.74) is 2.48. The second-order valence-corrected chi connectivity index (χ2v) is 7.51. The van der Waals surface area contributed by atoms with E-state index in [9.17, 15) is 14.0 Å². The zero-order valence-electron chi connectivity index (χ0n) is 16.7. The van der Waals surface area contributed by atoms with Crippen LogP contribution in [0.5, 0.6) is 5.75 Å². The number of rotatable bonds is 4. The molecule has 0 bridgehead atoms. The molecule has 2 aliphatic rings. The minimum atomic E-state index is -0.398. The molecular weight excluding hydrogens is 373 g/mol. The lowest BCUT2D eigenvalue weighted by Crippen LogP contribution is -2.32. The minimum absolute atomic E-state index is 0.0312. The van der Waals surface area contributed by atoms with Gasteiger partial charge in [0.1, 0.15) is 17.7 Å². The van der Waals surface area contributed by atoms with E-state index >= 15 is 0 Å². The number of likely N-dealkylation sites (tertiary alicyclic amines) is 1. The number of hydrogen-bond acceptors (Lipinski definition) is 4. The predicted molar refractivity (Wildman–Crippen MR) is 107 cm³/mol. The molecule has 0 saturated carbocycles. The normalized spacial score (nSPS) is 18.7. The highest BCUT2D eigenvalue weighted by atomic mass is 19.1. The fourth-order valence-corrected chi connectivity index (χ4v) is 4.09. The molecule has 1 aromatic heterocycles. The highest BCUT2D eigenvalue weighted by Gasteiger charge is 2.28. The van der Waals surface area contributed by atoms with Crippen LogP contribution < -0.4 is 9.64 Å². The minimum Gasteiger partial charge on any atom is -0.487 e. The van der Waals surface area contributed by atoms with E-state index in [2.05, 4.69) is 4.98 Å². The Bertz CT molecular complexity index is 962. The van der Waals surface area contributed by atoms with Gasteiger partial charge in [-0.3, -0.25) is 14.6 Å². The number of aryl methyl sites for hydroxylation is 1. The summed E-state index contributed by atoms with van der Waals surface area (Å²) in [6, 6.07) is 4.93. The van der Waals surface area contributed by atoms with Crippen molar-refractivity contribution in [2.45, 2.75) is 38.7 Å². The monoisotopic (exact) mass is 397 g/mol. The largest absolute Gasteiger partial charge is 0.487 e. The number of pyridine rings is 1. The zero-order chi connectivity index (χ0) is 20.5. The molecular formula is C22H24FN3O3. The molecule has 0 unspecified atom stereocenters. The Morgan fingerprint density at radius 1 is 1.31 bits per heavy atom. The molecule has 2 aromatic rings. The maximum atomic E-state index is 14.8. The smallest absolute Gasteiger partial charge is 0.227 e. The molecule has 0 spiro atoms. The molecule has 0 aliphatic carbocycles. The molecule has 2 aliphatic heterocycles. The van der Waals surface area contributed by atoms with E-state index in [1.165, 1.54) is 11.0 Å². The number of halogens is 1. The number of carbonyl (C=O) groups is 2. The second kappa shape index (κ2) is 7.81. The van der Waals surface area contributed by atoms with Gasteiger partial charge >= 0.3 is 0 Å². The number of aromatic nitrogens is 1. The Morgan fingerprint density at radius 3 is 2.93 bits per heavy atom. The molecule has 0 radical (unpaired) electrons. The summed E-state index contributed by atoms with van der Waals surface area (Å²) in [6.07, 6.45) is 5.32. The SMILES string of the molecule is CCC(=O)N1CC[C@@H](Oc2cncc(-c3c(F)ccc4c3N(C)C(=O)CC4)c2)C1. The molecule has 6 nitrogen and oxygen atoms in total. The number of carbonyl (C=O) groups excluding carboxylic acids is 2. The highest BCUT2D eigenvalue weighted by Crippen LogP contribution is 2.39. The lowest BCUT2D eigenvalue weighted by Gasteiger charge is -2.28. The third-order valence-electron chi connectivity index (χ3n) is 5.63. The van der Waals surface area contributed by atoms with Crippen molar-refractivity contribution in [1.29, 1.82) is 0 Å². The van der Waals surface area contributed by atoms with Gasteiger partial charge in [-0.15, -0.1) is 0 Å².